The number of rotatable bonds is 3. The summed E-state index contributed by atoms with van der Waals surface area (Å²) >= 11 is 0. The van der Waals surface area contributed by atoms with Gasteiger partial charge >= 0.3 is 5.97 Å². The molecule has 2 aromatic carbocycles. The number of nitriles is 1. The maximum atomic E-state index is 13.4. The maximum absolute atomic E-state index is 13.4. The molecule has 5 nitrogen and oxygen atoms in total. The van der Waals surface area contributed by atoms with Crippen molar-refractivity contribution in [2.24, 2.45) is 0 Å². The monoisotopic (exact) mass is 272 g/mol. The molecule has 0 spiro atoms. The van der Waals surface area contributed by atoms with Crippen molar-refractivity contribution in [1.29, 1.82) is 5.26 Å². The van der Waals surface area contributed by atoms with Gasteiger partial charge < -0.3 is 15.6 Å². The number of halogens is 1. The summed E-state index contributed by atoms with van der Waals surface area (Å²) in [5, 5.41) is 17.7. The van der Waals surface area contributed by atoms with Crippen molar-refractivity contribution >= 4 is 11.7 Å². The number of hydrogen-bond acceptors (Lipinski definition) is 4. The van der Waals surface area contributed by atoms with Gasteiger partial charge in [-0.3, -0.25) is 0 Å². The van der Waals surface area contributed by atoms with E-state index in [1.807, 2.05) is 0 Å². The standard InChI is InChI=1S/C14H9FN2O3/c15-12-6-10(3-1-8(12)7-16)20-13-4-2-9(17)5-11(13)14(18)19/h1-6H,17H2,(H,18,19). The Hall–Kier alpha value is -3.07. The summed E-state index contributed by atoms with van der Waals surface area (Å²) in [6, 6.07) is 9.43. The summed E-state index contributed by atoms with van der Waals surface area (Å²) in [5.74, 6) is -1.82. The fourth-order valence-electron chi connectivity index (χ4n) is 1.58. The molecule has 0 aromatic heterocycles. The molecule has 0 atom stereocenters. The molecule has 0 aliphatic heterocycles. The first-order chi connectivity index (χ1) is 9.51. The van der Waals surface area contributed by atoms with Crippen LogP contribution in [0.3, 0.4) is 0 Å². The average molecular weight is 272 g/mol. The van der Waals surface area contributed by atoms with Crippen molar-refractivity contribution in [3.8, 4) is 17.6 Å². The van der Waals surface area contributed by atoms with Crippen LogP contribution in [0.5, 0.6) is 11.5 Å². The molecule has 0 bridgehead atoms. The molecule has 3 N–H and O–H groups in total. The van der Waals surface area contributed by atoms with Gasteiger partial charge in [0.2, 0.25) is 0 Å². The Balaban J connectivity index is 2.38. The van der Waals surface area contributed by atoms with Gasteiger partial charge in [0.25, 0.3) is 0 Å². The third-order valence-corrected chi connectivity index (χ3v) is 2.52. The number of carbonyl (C=O) groups is 1. The van der Waals surface area contributed by atoms with Gasteiger partial charge in [0.05, 0.1) is 5.56 Å². The lowest BCUT2D eigenvalue weighted by molar-refractivity contribution is 0.0694. The summed E-state index contributed by atoms with van der Waals surface area (Å²) in [6.45, 7) is 0. The van der Waals surface area contributed by atoms with E-state index in [4.69, 9.17) is 20.8 Å². The second kappa shape index (κ2) is 5.28. The molecule has 0 aliphatic carbocycles. The Kier molecular flexibility index (Phi) is 3.53. The van der Waals surface area contributed by atoms with Crippen molar-refractivity contribution in [2.75, 3.05) is 5.73 Å². The molecular formula is C14H9FN2O3. The van der Waals surface area contributed by atoms with Crippen LogP contribution < -0.4 is 10.5 Å². The second-order valence-electron chi connectivity index (χ2n) is 3.92. The van der Waals surface area contributed by atoms with Crippen molar-refractivity contribution in [3.05, 3.63) is 53.3 Å². The van der Waals surface area contributed by atoms with Crippen LogP contribution in [0.4, 0.5) is 10.1 Å². The van der Waals surface area contributed by atoms with Crippen molar-refractivity contribution in [2.45, 2.75) is 0 Å². The van der Waals surface area contributed by atoms with Crippen LogP contribution in [0.1, 0.15) is 15.9 Å². The Morgan fingerprint density at radius 1 is 1.30 bits per heavy atom. The molecule has 0 fully saturated rings. The molecule has 20 heavy (non-hydrogen) atoms. The zero-order valence-corrected chi connectivity index (χ0v) is 10.1. The number of anilines is 1. The van der Waals surface area contributed by atoms with E-state index in [1.54, 1.807) is 6.07 Å². The third-order valence-electron chi connectivity index (χ3n) is 2.52. The molecule has 100 valence electrons. The fourth-order valence-corrected chi connectivity index (χ4v) is 1.58. The van der Waals surface area contributed by atoms with E-state index in [1.165, 1.54) is 30.3 Å². The summed E-state index contributed by atoms with van der Waals surface area (Å²) in [5.41, 5.74) is 5.54. The molecule has 6 heteroatoms. The Morgan fingerprint density at radius 2 is 2.05 bits per heavy atom. The van der Waals surface area contributed by atoms with Gasteiger partial charge in [0.1, 0.15) is 28.9 Å². The predicted molar refractivity (Wildman–Crippen MR) is 69.0 cm³/mol. The number of ether oxygens (including phenoxy) is 1. The van der Waals surface area contributed by atoms with Gasteiger partial charge in [0.15, 0.2) is 0 Å². The summed E-state index contributed by atoms with van der Waals surface area (Å²) in [6.07, 6.45) is 0. The van der Waals surface area contributed by atoms with Gasteiger partial charge in [-0.1, -0.05) is 0 Å². The lowest BCUT2D eigenvalue weighted by atomic mass is 10.1. The first-order valence-corrected chi connectivity index (χ1v) is 5.51. The quantitative estimate of drug-likeness (QED) is 0.837. The fraction of sp³-hybridized carbons (Fsp3) is 0. The van der Waals surface area contributed by atoms with Gasteiger partial charge in [0, 0.05) is 11.8 Å². The molecule has 0 saturated carbocycles. The maximum Gasteiger partial charge on any atom is 0.339 e. The Bertz CT molecular complexity index is 723. The Morgan fingerprint density at radius 3 is 2.65 bits per heavy atom. The van der Waals surface area contributed by atoms with Crippen LogP contribution in [0, 0.1) is 17.1 Å². The van der Waals surface area contributed by atoms with Crippen LogP contribution in [0.25, 0.3) is 0 Å². The highest BCUT2D eigenvalue weighted by atomic mass is 19.1. The Labute approximate surface area is 113 Å². The highest BCUT2D eigenvalue weighted by molar-refractivity contribution is 5.92. The van der Waals surface area contributed by atoms with E-state index in [-0.39, 0.29) is 28.3 Å². The van der Waals surface area contributed by atoms with E-state index >= 15 is 0 Å². The van der Waals surface area contributed by atoms with Gasteiger partial charge in [-0.2, -0.15) is 5.26 Å². The van der Waals surface area contributed by atoms with E-state index in [2.05, 4.69) is 0 Å². The number of nitrogens with zero attached hydrogens (tertiary/aromatic N) is 1. The first-order valence-electron chi connectivity index (χ1n) is 5.51. The molecule has 0 unspecified atom stereocenters. The molecule has 0 heterocycles. The zero-order chi connectivity index (χ0) is 14.7. The molecule has 0 amide bonds. The first kappa shape index (κ1) is 13.4. The largest absolute Gasteiger partial charge is 0.478 e. The predicted octanol–water partition coefficient (Wildman–Crippen LogP) is 2.77. The van der Waals surface area contributed by atoms with Crippen molar-refractivity contribution in [3.63, 3.8) is 0 Å². The van der Waals surface area contributed by atoms with Crippen LogP contribution in [0.15, 0.2) is 36.4 Å². The second-order valence-corrected chi connectivity index (χ2v) is 3.92. The average Bonchev–Trinajstić information content (AvgIpc) is 2.41. The lowest BCUT2D eigenvalue weighted by Crippen LogP contribution is -2.01. The van der Waals surface area contributed by atoms with Gasteiger partial charge in [-0.15, -0.1) is 0 Å². The number of hydrogen-bond donors (Lipinski definition) is 2. The minimum Gasteiger partial charge on any atom is -0.478 e. The highest BCUT2D eigenvalue weighted by Crippen LogP contribution is 2.28. The molecule has 0 aliphatic rings. The van der Waals surface area contributed by atoms with Crippen LogP contribution in [0.2, 0.25) is 0 Å². The third kappa shape index (κ3) is 2.67. The molecule has 0 saturated heterocycles. The zero-order valence-electron chi connectivity index (χ0n) is 10.1. The normalized spacial score (nSPS) is 9.80. The molecule has 0 radical (unpaired) electrons. The lowest BCUT2D eigenvalue weighted by Gasteiger charge is -2.09. The van der Waals surface area contributed by atoms with Crippen LogP contribution in [-0.2, 0) is 0 Å². The number of carboxylic acids is 1. The van der Waals surface area contributed by atoms with Crippen molar-refractivity contribution < 1.29 is 19.0 Å². The molecule has 2 aromatic rings. The number of aromatic carboxylic acids is 1. The molecular weight excluding hydrogens is 263 g/mol. The van der Waals surface area contributed by atoms with Crippen molar-refractivity contribution in [1.82, 2.24) is 0 Å². The van der Waals surface area contributed by atoms with Crippen LogP contribution in [-0.4, -0.2) is 11.1 Å². The topological polar surface area (TPSA) is 96.3 Å². The minimum absolute atomic E-state index is 0.0378. The molecule has 2 rings (SSSR count). The minimum atomic E-state index is -1.21. The van der Waals surface area contributed by atoms with E-state index in [0.29, 0.717) is 0 Å². The number of nitrogens with two attached hydrogens (primary N) is 1. The number of nitrogen functional groups attached to an aromatic ring is 1. The summed E-state index contributed by atoms with van der Waals surface area (Å²) in [4.78, 5) is 11.1. The smallest absolute Gasteiger partial charge is 0.339 e. The van der Waals surface area contributed by atoms with E-state index in [0.717, 1.165) is 6.07 Å². The van der Waals surface area contributed by atoms with Gasteiger partial charge in [-0.25, -0.2) is 9.18 Å². The summed E-state index contributed by atoms with van der Waals surface area (Å²) in [7, 11) is 0. The highest BCUT2D eigenvalue weighted by Gasteiger charge is 2.13. The SMILES string of the molecule is N#Cc1ccc(Oc2ccc(N)cc2C(=O)O)cc1F. The number of benzene rings is 2. The number of carboxylic acid groups (broad SMARTS) is 1. The van der Waals surface area contributed by atoms with E-state index in [9.17, 15) is 9.18 Å². The van der Waals surface area contributed by atoms with E-state index < -0.39 is 11.8 Å². The van der Waals surface area contributed by atoms with Crippen LogP contribution >= 0.6 is 0 Å². The van der Waals surface area contributed by atoms with Gasteiger partial charge in [-0.05, 0) is 30.3 Å². The summed E-state index contributed by atoms with van der Waals surface area (Å²) < 4.78 is 18.8.